The Kier molecular flexibility index (Phi) is 3.88. The number of fused-ring (bicyclic) bond motifs is 2. The molecule has 2 nitrogen and oxygen atoms in total. The van der Waals surface area contributed by atoms with Gasteiger partial charge in [-0.3, -0.25) is 4.79 Å². The number of piperidine rings is 2. The van der Waals surface area contributed by atoms with Gasteiger partial charge < -0.3 is 4.90 Å². The van der Waals surface area contributed by atoms with E-state index in [0.717, 1.165) is 18.4 Å². The number of nitrogens with zero attached hydrogens (tertiary/aromatic N) is 1. The Bertz CT molecular complexity index is 470. The Labute approximate surface area is 120 Å². The first-order chi connectivity index (χ1) is 9.63. The molecule has 2 unspecified atom stereocenters. The van der Waals surface area contributed by atoms with Gasteiger partial charge in [0, 0.05) is 24.4 Å². The van der Waals surface area contributed by atoms with Gasteiger partial charge in [0.1, 0.15) is 11.6 Å². The van der Waals surface area contributed by atoms with Crippen molar-refractivity contribution in [2.75, 3.05) is 7.05 Å². The molecule has 0 aliphatic carbocycles. The van der Waals surface area contributed by atoms with Gasteiger partial charge in [0.2, 0.25) is 0 Å². The molecule has 0 N–H and O–H groups in total. The summed E-state index contributed by atoms with van der Waals surface area (Å²) < 4.78 is 12.9. The summed E-state index contributed by atoms with van der Waals surface area (Å²) in [5, 5.41) is 0. The summed E-state index contributed by atoms with van der Waals surface area (Å²) in [6.07, 6.45) is 6.23. The van der Waals surface area contributed by atoms with E-state index >= 15 is 0 Å². The minimum atomic E-state index is -0.241. The number of hydrogen-bond acceptors (Lipinski definition) is 2. The lowest BCUT2D eigenvalue weighted by atomic mass is 9.76. The SMILES string of the molecule is CN1C2CCCC1CC(C(=O)Cc1ccc(F)cc1)C2. The normalized spacial score (nSPS) is 30.2. The van der Waals surface area contributed by atoms with Crippen LogP contribution in [-0.2, 0) is 11.2 Å². The van der Waals surface area contributed by atoms with Gasteiger partial charge in [-0.25, -0.2) is 4.39 Å². The summed E-state index contributed by atoms with van der Waals surface area (Å²) in [5.74, 6) is 0.295. The van der Waals surface area contributed by atoms with Crippen LogP contribution in [0.2, 0.25) is 0 Å². The Hall–Kier alpha value is -1.22. The molecule has 0 saturated carbocycles. The second-order valence-electron chi connectivity index (χ2n) is 6.34. The van der Waals surface area contributed by atoms with Crippen molar-refractivity contribution in [3.05, 3.63) is 35.6 Å². The molecular formula is C17H22FNO. The fourth-order valence-electron chi connectivity index (χ4n) is 3.83. The van der Waals surface area contributed by atoms with Crippen LogP contribution in [0.15, 0.2) is 24.3 Å². The highest BCUT2D eigenvalue weighted by atomic mass is 19.1. The van der Waals surface area contributed by atoms with Crippen molar-refractivity contribution in [2.45, 2.75) is 50.6 Å². The van der Waals surface area contributed by atoms with Crippen molar-refractivity contribution in [1.29, 1.82) is 0 Å². The first-order valence-corrected chi connectivity index (χ1v) is 7.62. The first kappa shape index (κ1) is 13.7. The molecule has 2 heterocycles. The van der Waals surface area contributed by atoms with E-state index < -0.39 is 0 Å². The van der Waals surface area contributed by atoms with E-state index in [2.05, 4.69) is 11.9 Å². The molecule has 2 saturated heterocycles. The van der Waals surface area contributed by atoms with Crippen molar-refractivity contribution in [1.82, 2.24) is 4.90 Å². The van der Waals surface area contributed by atoms with Gasteiger partial charge in [0.15, 0.2) is 0 Å². The van der Waals surface area contributed by atoms with Crippen LogP contribution in [-0.4, -0.2) is 29.8 Å². The summed E-state index contributed by atoms with van der Waals surface area (Å²) in [6.45, 7) is 0. The third kappa shape index (κ3) is 2.78. The third-order valence-electron chi connectivity index (χ3n) is 5.09. The zero-order valence-corrected chi connectivity index (χ0v) is 12.0. The van der Waals surface area contributed by atoms with E-state index in [1.54, 1.807) is 12.1 Å². The molecule has 2 fully saturated rings. The fourth-order valence-corrected chi connectivity index (χ4v) is 3.83. The molecule has 0 aromatic heterocycles. The quantitative estimate of drug-likeness (QED) is 0.844. The zero-order valence-electron chi connectivity index (χ0n) is 12.0. The third-order valence-corrected chi connectivity index (χ3v) is 5.09. The Morgan fingerprint density at radius 2 is 1.80 bits per heavy atom. The maximum atomic E-state index is 12.9. The average Bonchev–Trinajstić information content (AvgIpc) is 2.41. The van der Waals surface area contributed by atoms with Crippen LogP contribution < -0.4 is 0 Å². The smallest absolute Gasteiger partial charge is 0.140 e. The first-order valence-electron chi connectivity index (χ1n) is 7.62. The van der Waals surface area contributed by atoms with Crippen LogP contribution in [0.4, 0.5) is 4.39 Å². The van der Waals surface area contributed by atoms with E-state index in [4.69, 9.17) is 0 Å². The maximum absolute atomic E-state index is 12.9. The van der Waals surface area contributed by atoms with Crippen LogP contribution in [0.25, 0.3) is 0 Å². The predicted molar refractivity (Wildman–Crippen MR) is 77.0 cm³/mol. The zero-order chi connectivity index (χ0) is 14.1. The number of carbonyl (C=O) groups is 1. The molecule has 0 spiro atoms. The molecule has 0 radical (unpaired) electrons. The van der Waals surface area contributed by atoms with Crippen LogP contribution >= 0.6 is 0 Å². The van der Waals surface area contributed by atoms with Crippen LogP contribution in [0.1, 0.15) is 37.7 Å². The number of benzene rings is 1. The number of carbonyl (C=O) groups excluding carboxylic acids is 1. The standard InChI is InChI=1S/C17H22FNO/c1-19-15-3-2-4-16(19)11-13(10-15)17(20)9-12-5-7-14(18)8-6-12/h5-8,13,15-16H,2-4,9-11H2,1H3. The topological polar surface area (TPSA) is 20.3 Å². The van der Waals surface area contributed by atoms with Crippen LogP contribution in [0.5, 0.6) is 0 Å². The van der Waals surface area contributed by atoms with Crippen LogP contribution in [0, 0.1) is 11.7 Å². The van der Waals surface area contributed by atoms with E-state index in [1.165, 1.54) is 31.4 Å². The molecule has 3 rings (SSSR count). The Morgan fingerprint density at radius 3 is 2.40 bits per heavy atom. The lowest BCUT2D eigenvalue weighted by Crippen LogP contribution is -2.51. The van der Waals surface area contributed by atoms with E-state index in [0.29, 0.717) is 24.3 Å². The molecule has 2 aliphatic heterocycles. The number of ketones is 1. The summed E-state index contributed by atoms with van der Waals surface area (Å²) in [5.41, 5.74) is 0.931. The molecule has 2 aliphatic rings. The predicted octanol–water partition coefficient (Wildman–Crippen LogP) is 3.20. The van der Waals surface area contributed by atoms with Gasteiger partial charge >= 0.3 is 0 Å². The fraction of sp³-hybridized carbons (Fsp3) is 0.588. The van der Waals surface area contributed by atoms with Gasteiger partial charge in [0.25, 0.3) is 0 Å². The summed E-state index contributed by atoms with van der Waals surface area (Å²) in [7, 11) is 2.20. The van der Waals surface area contributed by atoms with Crippen molar-refractivity contribution in [3.8, 4) is 0 Å². The molecule has 1 aromatic rings. The molecule has 108 valence electrons. The molecular weight excluding hydrogens is 253 g/mol. The van der Waals surface area contributed by atoms with Gasteiger partial charge in [-0.15, -0.1) is 0 Å². The molecule has 3 heteroatoms. The van der Waals surface area contributed by atoms with Gasteiger partial charge in [-0.1, -0.05) is 18.6 Å². The van der Waals surface area contributed by atoms with E-state index in [9.17, 15) is 9.18 Å². The molecule has 1 aromatic carbocycles. The van der Waals surface area contributed by atoms with Crippen molar-refractivity contribution >= 4 is 5.78 Å². The van der Waals surface area contributed by atoms with Crippen molar-refractivity contribution in [2.24, 2.45) is 5.92 Å². The van der Waals surface area contributed by atoms with Gasteiger partial charge in [0.05, 0.1) is 0 Å². The van der Waals surface area contributed by atoms with Gasteiger partial charge in [-0.05, 0) is 50.4 Å². The molecule has 2 bridgehead atoms. The minimum absolute atomic E-state index is 0.201. The number of halogens is 1. The van der Waals surface area contributed by atoms with Crippen molar-refractivity contribution < 1.29 is 9.18 Å². The maximum Gasteiger partial charge on any atom is 0.140 e. The molecule has 20 heavy (non-hydrogen) atoms. The summed E-state index contributed by atoms with van der Waals surface area (Å²) >= 11 is 0. The highest BCUT2D eigenvalue weighted by molar-refractivity contribution is 5.83. The van der Waals surface area contributed by atoms with Gasteiger partial charge in [-0.2, -0.15) is 0 Å². The highest BCUT2D eigenvalue weighted by Gasteiger charge is 2.38. The summed E-state index contributed by atoms with van der Waals surface area (Å²) in [4.78, 5) is 15.0. The lowest BCUT2D eigenvalue weighted by Gasteiger charge is -2.46. The van der Waals surface area contributed by atoms with E-state index in [-0.39, 0.29) is 11.7 Å². The number of Topliss-reactive ketones (excluding diaryl/α,β-unsaturated/α-hetero) is 1. The number of rotatable bonds is 3. The summed E-state index contributed by atoms with van der Waals surface area (Å²) in [6, 6.07) is 7.50. The minimum Gasteiger partial charge on any atom is -0.300 e. The monoisotopic (exact) mass is 275 g/mol. The Balaban J connectivity index is 1.64. The lowest BCUT2D eigenvalue weighted by molar-refractivity contribution is -0.125. The Morgan fingerprint density at radius 1 is 1.20 bits per heavy atom. The number of hydrogen-bond donors (Lipinski definition) is 0. The molecule has 0 amide bonds. The second-order valence-corrected chi connectivity index (χ2v) is 6.34. The highest BCUT2D eigenvalue weighted by Crippen LogP contribution is 2.36. The van der Waals surface area contributed by atoms with Crippen LogP contribution in [0.3, 0.4) is 0 Å². The molecule has 2 atom stereocenters. The average molecular weight is 275 g/mol. The largest absolute Gasteiger partial charge is 0.300 e. The van der Waals surface area contributed by atoms with E-state index in [1.807, 2.05) is 0 Å². The van der Waals surface area contributed by atoms with Crippen molar-refractivity contribution in [3.63, 3.8) is 0 Å². The second kappa shape index (κ2) is 5.65.